The summed E-state index contributed by atoms with van der Waals surface area (Å²) >= 11 is 0. The van der Waals surface area contributed by atoms with E-state index in [1.165, 1.54) is 12.8 Å². The third kappa shape index (κ3) is 3.80. The molecule has 0 saturated carbocycles. The van der Waals surface area contributed by atoms with Gasteiger partial charge in [-0.2, -0.15) is 0 Å². The summed E-state index contributed by atoms with van der Waals surface area (Å²) in [5, 5.41) is 0. The molecule has 0 atom stereocenters. The van der Waals surface area contributed by atoms with Gasteiger partial charge in [-0.15, -0.1) is 0 Å². The molecule has 0 spiro atoms. The van der Waals surface area contributed by atoms with Crippen molar-refractivity contribution in [3.8, 4) is 11.8 Å². The zero-order valence-corrected chi connectivity index (χ0v) is 7.93. The average molecular weight is 178 g/mol. The molecule has 0 aromatic rings. The van der Waals surface area contributed by atoms with Gasteiger partial charge < -0.3 is 4.74 Å². The molecule has 2 nitrogen and oxygen atoms in total. The minimum atomic E-state index is -0.422. The molecule has 0 saturated heterocycles. The lowest BCUT2D eigenvalue weighted by molar-refractivity contribution is -0.136. The van der Waals surface area contributed by atoms with E-state index in [0.29, 0.717) is 6.61 Å². The predicted molar refractivity (Wildman–Crippen MR) is 51.0 cm³/mol. The van der Waals surface area contributed by atoms with Gasteiger partial charge in [0.25, 0.3) is 0 Å². The Labute approximate surface area is 79.0 Å². The van der Waals surface area contributed by atoms with Crippen molar-refractivity contribution in [2.75, 3.05) is 6.61 Å². The minimum absolute atomic E-state index is 0.395. The van der Waals surface area contributed by atoms with Crippen molar-refractivity contribution in [2.24, 2.45) is 0 Å². The Morgan fingerprint density at radius 3 is 3.08 bits per heavy atom. The van der Waals surface area contributed by atoms with Gasteiger partial charge in [0, 0.05) is 5.92 Å². The van der Waals surface area contributed by atoms with Crippen molar-refractivity contribution in [1.29, 1.82) is 0 Å². The first-order valence-electron chi connectivity index (χ1n) is 4.70. The predicted octanol–water partition coefficient (Wildman–Crippen LogP) is 2.05. The molecule has 0 aromatic carbocycles. The second-order valence-corrected chi connectivity index (χ2v) is 2.95. The van der Waals surface area contributed by atoms with Crippen molar-refractivity contribution in [1.82, 2.24) is 0 Å². The maximum Gasteiger partial charge on any atom is 0.384 e. The van der Waals surface area contributed by atoms with E-state index in [9.17, 15) is 4.79 Å². The van der Waals surface area contributed by atoms with Crippen molar-refractivity contribution in [3.63, 3.8) is 0 Å². The number of hydrogen-bond acceptors (Lipinski definition) is 2. The van der Waals surface area contributed by atoms with E-state index in [4.69, 9.17) is 4.74 Å². The summed E-state index contributed by atoms with van der Waals surface area (Å²) in [5.41, 5.74) is 1.08. The summed E-state index contributed by atoms with van der Waals surface area (Å²) in [7, 11) is 0. The van der Waals surface area contributed by atoms with Crippen molar-refractivity contribution in [3.05, 3.63) is 11.6 Å². The lowest BCUT2D eigenvalue weighted by atomic mass is 10.0. The summed E-state index contributed by atoms with van der Waals surface area (Å²) in [4.78, 5) is 10.9. The molecule has 0 radical (unpaired) electrons. The van der Waals surface area contributed by atoms with Crippen LogP contribution in [0.25, 0.3) is 0 Å². The zero-order valence-electron chi connectivity index (χ0n) is 7.93. The maximum atomic E-state index is 10.9. The summed E-state index contributed by atoms with van der Waals surface area (Å²) in [6.45, 7) is 2.17. The van der Waals surface area contributed by atoms with E-state index < -0.39 is 5.97 Å². The fourth-order valence-corrected chi connectivity index (χ4v) is 1.25. The molecule has 1 aliphatic rings. The largest absolute Gasteiger partial charge is 0.456 e. The lowest BCUT2D eigenvalue weighted by Gasteiger charge is -2.05. The van der Waals surface area contributed by atoms with Crippen molar-refractivity contribution in [2.45, 2.75) is 32.6 Å². The first kappa shape index (κ1) is 9.85. The molecule has 0 unspecified atom stereocenters. The molecule has 1 rings (SSSR count). The summed E-state index contributed by atoms with van der Waals surface area (Å²) in [5.74, 6) is 4.89. The minimum Gasteiger partial charge on any atom is -0.456 e. The van der Waals surface area contributed by atoms with Gasteiger partial charge in [-0.3, -0.25) is 0 Å². The van der Waals surface area contributed by atoms with Crippen LogP contribution in [-0.4, -0.2) is 12.6 Å². The number of carbonyl (C=O) groups is 1. The summed E-state index contributed by atoms with van der Waals surface area (Å²) in [6.07, 6.45) is 6.63. The Kier molecular flexibility index (Phi) is 4.11. The van der Waals surface area contributed by atoms with E-state index in [0.717, 1.165) is 18.4 Å². The van der Waals surface area contributed by atoms with E-state index in [2.05, 4.69) is 17.9 Å². The molecule has 2 heteroatoms. The quantitative estimate of drug-likeness (QED) is 0.349. The van der Waals surface area contributed by atoms with Crippen LogP contribution < -0.4 is 0 Å². The van der Waals surface area contributed by atoms with E-state index in [1.807, 2.05) is 0 Å². The van der Waals surface area contributed by atoms with Crippen LogP contribution in [0.3, 0.4) is 0 Å². The molecule has 70 valence electrons. The molecule has 0 heterocycles. The van der Waals surface area contributed by atoms with Crippen LogP contribution in [0.5, 0.6) is 0 Å². The van der Waals surface area contributed by atoms with Gasteiger partial charge in [0.1, 0.15) is 0 Å². The molecule has 0 amide bonds. The number of esters is 1. The Morgan fingerprint density at radius 1 is 1.62 bits per heavy atom. The molecule has 0 aromatic heterocycles. The SMILES string of the molecule is CCOC(=O)C#CC1=CCCCC1. The van der Waals surface area contributed by atoms with Crippen LogP contribution in [0.15, 0.2) is 11.6 Å². The third-order valence-corrected chi connectivity index (χ3v) is 1.89. The van der Waals surface area contributed by atoms with Crippen LogP contribution in [0.4, 0.5) is 0 Å². The third-order valence-electron chi connectivity index (χ3n) is 1.89. The van der Waals surface area contributed by atoms with Gasteiger partial charge in [-0.1, -0.05) is 12.0 Å². The second kappa shape index (κ2) is 5.42. The van der Waals surface area contributed by atoms with Gasteiger partial charge in [-0.25, -0.2) is 4.79 Å². The van der Waals surface area contributed by atoms with Crippen LogP contribution in [0.1, 0.15) is 32.6 Å². The molecule has 0 aliphatic heterocycles. The van der Waals surface area contributed by atoms with E-state index in [-0.39, 0.29) is 0 Å². The normalized spacial score (nSPS) is 15.3. The summed E-state index contributed by atoms with van der Waals surface area (Å²) in [6, 6.07) is 0. The molecule has 0 N–H and O–H groups in total. The molecule has 1 aliphatic carbocycles. The molecule has 13 heavy (non-hydrogen) atoms. The topological polar surface area (TPSA) is 26.3 Å². The van der Waals surface area contributed by atoms with Crippen LogP contribution in [0.2, 0.25) is 0 Å². The van der Waals surface area contributed by atoms with Crippen LogP contribution >= 0.6 is 0 Å². The van der Waals surface area contributed by atoms with Crippen LogP contribution in [0, 0.1) is 11.8 Å². The first-order valence-corrected chi connectivity index (χ1v) is 4.70. The Hall–Kier alpha value is -1.23. The number of allylic oxidation sites excluding steroid dienone is 2. The first-order chi connectivity index (χ1) is 6.33. The van der Waals surface area contributed by atoms with Gasteiger partial charge in [-0.05, 0) is 38.2 Å². The maximum absolute atomic E-state index is 10.9. The highest BCUT2D eigenvalue weighted by Gasteiger charge is 2.00. The zero-order chi connectivity index (χ0) is 9.52. The fourth-order valence-electron chi connectivity index (χ4n) is 1.25. The number of hydrogen-bond donors (Lipinski definition) is 0. The molecule has 0 fully saturated rings. The number of rotatable bonds is 1. The van der Waals surface area contributed by atoms with E-state index in [1.54, 1.807) is 6.92 Å². The Morgan fingerprint density at radius 2 is 2.46 bits per heavy atom. The Bertz CT molecular complexity index is 266. The highest BCUT2D eigenvalue weighted by atomic mass is 16.5. The second-order valence-electron chi connectivity index (χ2n) is 2.95. The highest BCUT2D eigenvalue weighted by Crippen LogP contribution is 2.15. The summed E-state index contributed by atoms with van der Waals surface area (Å²) < 4.78 is 4.69. The fraction of sp³-hybridized carbons (Fsp3) is 0.545. The van der Waals surface area contributed by atoms with Gasteiger partial charge in [0.15, 0.2) is 0 Å². The van der Waals surface area contributed by atoms with Crippen molar-refractivity contribution < 1.29 is 9.53 Å². The van der Waals surface area contributed by atoms with E-state index >= 15 is 0 Å². The van der Waals surface area contributed by atoms with Gasteiger partial charge in [0.05, 0.1) is 6.61 Å². The van der Waals surface area contributed by atoms with Crippen molar-refractivity contribution >= 4 is 5.97 Å². The highest BCUT2D eigenvalue weighted by molar-refractivity contribution is 5.89. The Balaban J connectivity index is 2.45. The van der Waals surface area contributed by atoms with Crippen LogP contribution in [-0.2, 0) is 9.53 Å². The number of ether oxygens (including phenoxy) is 1. The smallest absolute Gasteiger partial charge is 0.384 e. The standard InChI is InChI=1S/C11H14O2/c1-2-13-11(12)9-8-10-6-4-3-5-7-10/h6H,2-5,7H2,1H3. The molecular weight excluding hydrogens is 164 g/mol. The monoisotopic (exact) mass is 178 g/mol. The average Bonchev–Trinajstić information content (AvgIpc) is 2.17. The molecular formula is C11H14O2. The van der Waals surface area contributed by atoms with Gasteiger partial charge >= 0.3 is 5.97 Å². The number of carbonyl (C=O) groups excluding carboxylic acids is 1. The lowest BCUT2D eigenvalue weighted by Crippen LogP contribution is -2.00. The molecule has 0 bridgehead atoms. The van der Waals surface area contributed by atoms with Gasteiger partial charge in [0.2, 0.25) is 0 Å².